The van der Waals surface area contributed by atoms with Crippen LogP contribution in [0.3, 0.4) is 0 Å². The number of amides is 1. The van der Waals surface area contributed by atoms with Gasteiger partial charge in [0.1, 0.15) is 22.5 Å². The molecule has 176 valence electrons. The third kappa shape index (κ3) is 4.40. The van der Waals surface area contributed by atoms with E-state index in [1.54, 1.807) is 4.90 Å². The number of rotatable bonds is 2. The second kappa shape index (κ2) is 8.47. The van der Waals surface area contributed by atoms with Crippen molar-refractivity contribution in [2.75, 3.05) is 31.1 Å². The number of hydrogen-bond acceptors (Lipinski definition) is 6. The largest absolute Gasteiger partial charge is 0.449 e. The number of aromatic amines is 1. The highest BCUT2D eigenvalue weighted by molar-refractivity contribution is 9.10. The molecule has 0 atom stereocenters. The summed E-state index contributed by atoms with van der Waals surface area (Å²) in [6.45, 7) is 8.26. The summed E-state index contributed by atoms with van der Waals surface area (Å²) in [4.78, 5) is 36.5. The van der Waals surface area contributed by atoms with E-state index in [4.69, 9.17) is 14.1 Å². The molecule has 0 bridgehead atoms. The second-order valence-electron chi connectivity index (χ2n) is 9.34. The van der Waals surface area contributed by atoms with Crippen molar-refractivity contribution in [1.29, 1.82) is 0 Å². The van der Waals surface area contributed by atoms with Gasteiger partial charge in [0.05, 0.1) is 0 Å². The minimum atomic E-state index is -0.499. The zero-order chi connectivity index (χ0) is 24.0. The Bertz CT molecular complexity index is 1430. The van der Waals surface area contributed by atoms with Gasteiger partial charge in [-0.05, 0) is 63.2 Å². The fourth-order valence-corrected chi connectivity index (χ4v) is 4.43. The van der Waals surface area contributed by atoms with E-state index in [9.17, 15) is 9.59 Å². The van der Waals surface area contributed by atoms with E-state index in [1.807, 2.05) is 63.2 Å². The lowest BCUT2D eigenvalue weighted by atomic mass is 10.1. The number of H-pyrrole nitrogens is 1. The number of carbonyl (C=O) groups excluding carboxylic acids is 1. The van der Waals surface area contributed by atoms with Crippen LogP contribution in [0.5, 0.6) is 0 Å². The SMILES string of the molecule is CC(C)(C)OC(=O)N1CCN(c2ccc(-c3nc4c(oc5ccc(Br)cc54)c(=O)[nH]3)cc2)CC1. The van der Waals surface area contributed by atoms with Crippen LogP contribution in [-0.4, -0.2) is 52.7 Å². The van der Waals surface area contributed by atoms with Crippen LogP contribution in [0.15, 0.2) is 56.1 Å². The molecular weight excluding hydrogens is 500 g/mol. The normalized spacial score (nSPS) is 14.7. The zero-order valence-electron chi connectivity index (χ0n) is 19.2. The predicted molar refractivity (Wildman–Crippen MR) is 135 cm³/mol. The molecule has 0 spiro atoms. The van der Waals surface area contributed by atoms with Gasteiger partial charge in [0.25, 0.3) is 5.56 Å². The molecule has 8 nitrogen and oxygen atoms in total. The summed E-state index contributed by atoms with van der Waals surface area (Å²) in [7, 11) is 0. The quantitative estimate of drug-likeness (QED) is 0.389. The number of halogens is 1. The lowest BCUT2D eigenvalue weighted by Crippen LogP contribution is -2.50. The number of piperazine rings is 1. The van der Waals surface area contributed by atoms with Gasteiger partial charge in [-0.3, -0.25) is 4.79 Å². The molecule has 2 aromatic carbocycles. The first-order valence-corrected chi connectivity index (χ1v) is 11.9. The molecule has 1 aliphatic rings. The maximum absolute atomic E-state index is 12.7. The van der Waals surface area contributed by atoms with Crippen LogP contribution in [-0.2, 0) is 4.74 Å². The summed E-state index contributed by atoms with van der Waals surface area (Å²) in [5.74, 6) is 0.487. The number of furan rings is 1. The number of fused-ring (bicyclic) bond motifs is 3. The molecule has 34 heavy (non-hydrogen) atoms. The van der Waals surface area contributed by atoms with Crippen LogP contribution in [0, 0.1) is 0 Å². The van der Waals surface area contributed by atoms with E-state index in [1.165, 1.54) is 0 Å². The van der Waals surface area contributed by atoms with Crippen molar-refractivity contribution in [3.63, 3.8) is 0 Å². The van der Waals surface area contributed by atoms with Gasteiger partial charge >= 0.3 is 6.09 Å². The van der Waals surface area contributed by atoms with Gasteiger partial charge in [-0.1, -0.05) is 15.9 Å². The first-order chi connectivity index (χ1) is 16.2. The Kier molecular flexibility index (Phi) is 5.59. The first kappa shape index (κ1) is 22.5. The molecule has 1 amide bonds. The third-order valence-electron chi connectivity index (χ3n) is 5.72. The molecule has 1 N–H and O–H groups in total. The summed E-state index contributed by atoms with van der Waals surface area (Å²) >= 11 is 3.47. The average molecular weight is 525 g/mol. The highest BCUT2D eigenvalue weighted by atomic mass is 79.9. The number of anilines is 1. The van der Waals surface area contributed by atoms with Gasteiger partial charge in [-0.2, -0.15) is 0 Å². The fraction of sp³-hybridized carbons (Fsp3) is 0.320. The van der Waals surface area contributed by atoms with Gasteiger partial charge in [-0.15, -0.1) is 0 Å². The van der Waals surface area contributed by atoms with Crippen LogP contribution in [0.1, 0.15) is 20.8 Å². The van der Waals surface area contributed by atoms with Crippen molar-refractivity contribution in [3.8, 4) is 11.4 Å². The molecule has 2 aromatic heterocycles. The summed E-state index contributed by atoms with van der Waals surface area (Å²) < 4.78 is 12.1. The average Bonchev–Trinajstić information content (AvgIpc) is 3.17. The first-order valence-electron chi connectivity index (χ1n) is 11.1. The number of carbonyl (C=O) groups is 1. The van der Waals surface area contributed by atoms with Crippen molar-refractivity contribution >= 4 is 49.8 Å². The van der Waals surface area contributed by atoms with E-state index in [2.05, 4.69) is 25.8 Å². The molecule has 1 aliphatic heterocycles. The zero-order valence-corrected chi connectivity index (χ0v) is 20.8. The number of nitrogens with one attached hydrogen (secondary N) is 1. The molecule has 1 fully saturated rings. The third-order valence-corrected chi connectivity index (χ3v) is 6.22. The molecule has 1 saturated heterocycles. The molecule has 0 saturated carbocycles. The topological polar surface area (TPSA) is 91.7 Å². The summed E-state index contributed by atoms with van der Waals surface area (Å²) in [6.07, 6.45) is -0.272. The van der Waals surface area contributed by atoms with E-state index in [-0.39, 0.29) is 17.2 Å². The number of benzene rings is 2. The number of hydrogen-bond donors (Lipinski definition) is 1. The summed E-state index contributed by atoms with van der Waals surface area (Å²) in [6, 6.07) is 13.5. The lowest BCUT2D eigenvalue weighted by Gasteiger charge is -2.36. The van der Waals surface area contributed by atoms with Crippen LogP contribution in [0.4, 0.5) is 10.5 Å². The Hall–Kier alpha value is -3.33. The Morgan fingerprint density at radius 1 is 1.09 bits per heavy atom. The summed E-state index contributed by atoms with van der Waals surface area (Å²) in [5, 5.41) is 0.788. The Labute approximate surface area is 204 Å². The van der Waals surface area contributed by atoms with Crippen molar-refractivity contribution in [3.05, 3.63) is 57.3 Å². The number of ether oxygens (including phenoxy) is 1. The predicted octanol–water partition coefficient (Wildman–Crippen LogP) is 5.16. The molecule has 0 unspecified atom stereocenters. The minimum absolute atomic E-state index is 0.219. The number of aromatic nitrogens is 2. The fourth-order valence-electron chi connectivity index (χ4n) is 4.07. The molecule has 5 rings (SSSR count). The molecule has 4 aromatic rings. The molecule has 3 heterocycles. The van der Waals surface area contributed by atoms with Gasteiger partial charge in [0.2, 0.25) is 5.58 Å². The number of nitrogens with zero attached hydrogens (tertiary/aromatic N) is 3. The second-order valence-corrected chi connectivity index (χ2v) is 10.3. The molecule has 9 heteroatoms. The van der Waals surface area contributed by atoms with Gasteiger partial charge in [0.15, 0.2) is 0 Å². The highest BCUT2D eigenvalue weighted by Crippen LogP contribution is 2.29. The molecule has 0 radical (unpaired) electrons. The van der Waals surface area contributed by atoms with Crippen molar-refractivity contribution in [2.45, 2.75) is 26.4 Å². The Morgan fingerprint density at radius 3 is 2.47 bits per heavy atom. The van der Waals surface area contributed by atoms with Crippen molar-refractivity contribution in [1.82, 2.24) is 14.9 Å². The Morgan fingerprint density at radius 2 is 1.79 bits per heavy atom. The summed E-state index contributed by atoms with van der Waals surface area (Å²) in [5.41, 5.74) is 2.42. The van der Waals surface area contributed by atoms with Gasteiger partial charge in [0, 0.05) is 47.3 Å². The van der Waals surface area contributed by atoms with Crippen LogP contribution < -0.4 is 10.5 Å². The maximum Gasteiger partial charge on any atom is 0.410 e. The standard InChI is InChI=1S/C25H25BrN4O4/c1-25(2,3)34-24(32)30-12-10-29(11-13-30)17-7-4-15(5-8-17)22-27-20-18-14-16(26)6-9-19(18)33-21(20)23(31)28-22/h4-9,14H,10-13H2,1-3H3,(H,27,28,31). The van der Waals surface area contributed by atoms with Crippen LogP contribution in [0.25, 0.3) is 33.5 Å². The van der Waals surface area contributed by atoms with E-state index in [0.29, 0.717) is 30.0 Å². The minimum Gasteiger partial charge on any atom is -0.449 e. The van der Waals surface area contributed by atoms with Gasteiger partial charge < -0.3 is 23.9 Å². The van der Waals surface area contributed by atoms with E-state index in [0.717, 1.165) is 34.2 Å². The van der Waals surface area contributed by atoms with Crippen molar-refractivity contribution < 1.29 is 13.9 Å². The lowest BCUT2D eigenvalue weighted by molar-refractivity contribution is 0.0240. The van der Waals surface area contributed by atoms with E-state index >= 15 is 0 Å². The smallest absolute Gasteiger partial charge is 0.410 e. The monoisotopic (exact) mass is 524 g/mol. The molecule has 0 aliphatic carbocycles. The Balaban J connectivity index is 1.35. The van der Waals surface area contributed by atoms with E-state index < -0.39 is 5.60 Å². The van der Waals surface area contributed by atoms with Crippen molar-refractivity contribution in [2.24, 2.45) is 0 Å². The van der Waals surface area contributed by atoms with Crippen LogP contribution >= 0.6 is 15.9 Å². The van der Waals surface area contributed by atoms with Gasteiger partial charge in [-0.25, -0.2) is 9.78 Å². The maximum atomic E-state index is 12.7. The van der Waals surface area contributed by atoms with Crippen LogP contribution in [0.2, 0.25) is 0 Å². The highest BCUT2D eigenvalue weighted by Gasteiger charge is 2.26. The molecular formula is C25H25BrN4O4.